The van der Waals surface area contributed by atoms with Crippen LogP contribution >= 0.6 is 0 Å². The molecule has 0 bridgehead atoms. The summed E-state index contributed by atoms with van der Waals surface area (Å²) in [5.41, 5.74) is 3.22. The van der Waals surface area contributed by atoms with Gasteiger partial charge in [0, 0.05) is 30.2 Å². The fraction of sp³-hybridized carbons (Fsp3) is 0.353. The normalized spacial score (nSPS) is 18.0. The Hall–Kier alpha value is -2.14. The standard InChI is InChI=1S/C17H19FN2O2/c1-11-9-16(17(22)19-8-7-15(21)10-19)12(2)20(11)14-5-3-13(18)4-6-14/h3-6,9,15,21H,7-8,10H2,1-2H3/t15-/m0/s1. The van der Waals surface area contributed by atoms with E-state index in [1.54, 1.807) is 17.0 Å². The van der Waals surface area contributed by atoms with Gasteiger partial charge in [-0.05, 0) is 50.6 Å². The molecule has 0 aliphatic carbocycles. The van der Waals surface area contributed by atoms with Crippen LogP contribution in [0.25, 0.3) is 5.69 Å². The number of benzene rings is 1. The van der Waals surface area contributed by atoms with Gasteiger partial charge in [0.15, 0.2) is 0 Å². The number of likely N-dealkylation sites (tertiary alicyclic amines) is 1. The molecule has 0 saturated carbocycles. The van der Waals surface area contributed by atoms with Crippen LogP contribution in [-0.4, -0.2) is 39.7 Å². The molecule has 5 heteroatoms. The van der Waals surface area contributed by atoms with Crippen LogP contribution in [0.1, 0.15) is 28.2 Å². The minimum atomic E-state index is -0.426. The smallest absolute Gasteiger partial charge is 0.255 e. The van der Waals surface area contributed by atoms with Crippen LogP contribution in [-0.2, 0) is 0 Å². The lowest BCUT2D eigenvalue weighted by Gasteiger charge is -2.16. The lowest BCUT2D eigenvalue weighted by atomic mass is 10.2. The van der Waals surface area contributed by atoms with Crippen molar-refractivity contribution in [3.8, 4) is 5.69 Å². The molecule has 0 unspecified atom stereocenters. The number of β-amino-alcohol motifs (C(OH)–C–C–N with tert-alkyl or cyclic N) is 1. The fourth-order valence-corrected chi connectivity index (χ4v) is 3.06. The second-order valence-corrected chi connectivity index (χ2v) is 5.79. The summed E-state index contributed by atoms with van der Waals surface area (Å²) < 4.78 is 15.0. The minimum absolute atomic E-state index is 0.0574. The predicted octanol–water partition coefficient (Wildman–Crippen LogP) is 2.44. The maximum Gasteiger partial charge on any atom is 0.255 e. The largest absolute Gasteiger partial charge is 0.391 e. The number of aliphatic hydroxyl groups is 1. The molecule has 116 valence electrons. The van der Waals surface area contributed by atoms with Gasteiger partial charge in [0.1, 0.15) is 5.82 Å². The number of amides is 1. The zero-order valence-electron chi connectivity index (χ0n) is 12.7. The van der Waals surface area contributed by atoms with Gasteiger partial charge in [-0.15, -0.1) is 0 Å². The van der Waals surface area contributed by atoms with E-state index in [4.69, 9.17) is 0 Å². The van der Waals surface area contributed by atoms with E-state index in [2.05, 4.69) is 0 Å². The quantitative estimate of drug-likeness (QED) is 0.926. The van der Waals surface area contributed by atoms with E-state index in [9.17, 15) is 14.3 Å². The van der Waals surface area contributed by atoms with Crippen molar-refractivity contribution in [2.45, 2.75) is 26.4 Å². The summed E-state index contributed by atoms with van der Waals surface area (Å²) in [4.78, 5) is 14.3. The number of aryl methyl sites for hydroxylation is 1. The number of hydrogen-bond acceptors (Lipinski definition) is 2. The number of rotatable bonds is 2. The Morgan fingerprint density at radius 3 is 2.55 bits per heavy atom. The Kier molecular flexibility index (Phi) is 3.74. The molecule has 1 amide bonds. The Balaban J connectivity index is 1.96. The summed E-state index contributed by atoms with van der Waals surface area (Å²) in [7, 11) is 0. The van der Waals surface area contributed by atoms with Gasteiger partial charge < -0.3 is 14.6 Å². The summed E-state index contributed by atoms with van der Waals surface area (Å²) in [6.07, 6.45) is 0.201. The number of nitrogens with zero attached hydrogens (tertiary/aromatic N) is 2. The van der Waals surface area contributed by atoms with Gasteiger partial charge in [0.05, 0.1) is 11.7 Å². The summed E-state index contributed by atoms with van der Waals surface area (Å²) in [6, 6.07) is 8.07. The SMILES string of the molecule is Cc1cc(C(=O)N2CC[C@H](O)C2)c(C)n1-c1ccc(F)cc1. The Morgan fingerprint density at radius 1 is 1.27 bits per heavy atom. The third-order valence-corrected chi connectivity index (χ3v) is 4.20. The van der Waals surface area contributed by atoms with Crippen LogP contribution in [0, 0.1) is 19.7 Å². The van der Waals surface area contributed by atoms with Crippen molar-refractivity contribution >= 4 is 5.91 Å². The third kappa shape index (κ3) is 2.52. The van der Waals surface area contributed by atoms with Crippen LogP contribution in [0.4, 0.5) is 4.39 Å². The number of carbonyl (C=O) groups excluding carboxylic acids is 1. The fourth-order valence-electron chi connectivity index (χ4n) is 3.06. The lowest BCUT2D eigenvalue weighted by molar-refractivity contribution is 0.0764. The molecule has 1 atom stereocenters. The van der Waals surface area contributed by atoms with Gasteiger partial charge in [-0.2, -0.15) is 0 Å². The van der Waals surface area contributed by atoms with Gasteiger partial charge in [-0.3, -0.25) is 4.79 Å². The molecule has 1 aromatic carbocycles. The zero-order valence-corrected chi connectivity index (χ0v) is 12.7. The summed E-state index contributed by atoms with van der Waals surface area (Å²) in [6.45, 7) is 4.78. The van der Waals surface area contributed by atoms with E-state index in [0.29, 0.717) is 25.1 Å². The van der Waals surface area contributed by atoms with E-state index < -0.39 is 6.10 Å². The van der Waals surface area contributed by atoms with Crippen LogP contribution in [0.15, 0.2) is 30.3 Å². The van der Waals surface area contributed by atoms with Crippen LogP contribution in [0.5, 0.6) is 0 Å². The number of aliphatic hydroxyl groups excluding tert-OH is 1. The van der Waals surface area contributed by atoms with E-state index in [0.717, 1.165) is 17.1 Å². The van der Waals surface area contributed by atoms with E-state index in [-0.39, 0.29) is 11.7 Å². The molecule has 0 radical (unpaired) electrons. The van der Waals surface area contributed by atoms with E-state index in [1.807, 2.05) is 24.5 Å². The highest BCUT2D eigenvalue weighted by Crippen LogP contribution is 2.23. The van der Waals surface area contributed by atoms with Crippen molar-refractivity contribution in [2.24, 2.45) is 0 Å². The van der Waals surface area contributed by atoms with Crippen molar-refractivity contribution in [1.82, 2.24) is 9.47 Å². The second kappa shape index (κ2) is 5.57. The monoisotopic (exact) mass is 302 g/mol. The first-order valence-electron chi connectivity index (χ1n) is 7.39. The number of halogens is 1. The molecular formula is C17H19FN2O2. The van der Waals surface area contributed by atoms with Crippen molar-refractivity contribution in [2.75, 3.05) is 13.1 Å². The predicted molar refractivity (Wildman–Crippen MR) is 81.7 cm³/mol. The maximum absolute atomic E-state index is 13.1. The summed E-state index contributed by atoms with van der Waals surface area (Å²) in [5, 5.41) is 9.59. The highest BCUT2D eigenvalue weighted by molar-refractivity contribution is 5.96. The van der Waals surface area contributed by atoms with Crippen molar-refractivity contribution in [3.63, 3.8) is 0 Å². The molecule has 2 aromatic rings. The highest BCUT2D eigenvalue weighted by Gasteiger charge is 2.27. The molecule has 2 heterocycles. The lowest BCUT2D eigenvalue weighted by Crippen LogP contribution is -2.29. The first-order valence-corrected chi connectivity index (χ1v) is 7.39. The topological polar surface area (TPSA) is 45.5 Å². The first-order chi connectivity index (χ1) is 10.5. The number of aromatic nitrogens is 1. The molecule has 1 aliphatic rings. The molecule has 1 saturated heterocycles. The maximum atomic E-state index is 13.1. The molecular weight excluding hydrogens is 283 g/mol. The molecule has 0 spiro atoms. The zero-order chi connectivity index (χ0) is 15.9. The molecule has 1 fully saturated rings. The van der Waals surface area contributed by atoms with Gasteiger partial charge >= 0.3 is 0 Å². The number of carbonyl (C=O) groups is 1. The van der Waals surface area contributed by atoms with Gasteiger partial charge in [-0.25, -0.2) is 4.39 Å². The third-order valence-electron chi connectivity index (χ3n) is 4.20. The van der Waals surface area contributed by atoms with Crippen LogP contribution in [0.2, 0.25) is 0 Å². The molecule has 1 aromatic heterocycles. The second-order valence-electron chi connectivity index (χ2n) is 5.79. The minimum Gasteiger partial charge on any atom is -0.391 e. The summed E-state index contributed by atoms with van der Waals surface area (Å²) in [5.74, 6) is -0.341. The summed E-state index contributed by atoms with van der Waals surface area (Å²) >= 11 is 0. The van der Waals surface area contributed by atoms with Crippen molar-refractivity contribution in [3.05, 3.63) is 53.1 Å². The molecule has 1 N–H and O–H groups in total. The Labute approximate surface area is 128 Å². The molecule has 1 aliphatic heterocycles. The van der Waals surface area contributed by atoms with Crippen LogP contribution < -0.4 is 0 Å². The van der Waals surface area contributed by atoms with Crippen LogP contribution in [0.3, 0.4) is 0 Å². The Bertz CT molecular complexity index is 706. The van der Waals surface area contributed by atoms with E-state index in [1.165, 1.54) is 12.1 Å². The molecule has 3 rings (SSSR count). The van der Waals surface area contributed by atoms with Crippen molar-refractivity contribution in [1.29, 1.82) is 0 Å². The average molecular weight is 302 g/mol. The first kappa shape index (κ1) is 14.8. The Morgan fingerprint density at radius 2 is 1.95 bits per heavy atom. The average Bonchev–Trinajstić information content (AvgIpc) is 3.04. The highest BCUT2D eigenvalue weighted by atomic mass is 19.1. The van der Waals surface area contributed by atoms with Gasteiger partial charge in [0.25, 0.3) is 5.91 Å². The molecule has 4 nitrogen and oxygen atoms in total. The van der Waals surface area contributed by atoms with Gasteiger partial charge in [-0.1, -0.05) is 0 Å². The van der Waals surface area contributed by atoms with Crippen molar-refractivity contribution < 1.29 is 14.3 Å². The number of hydrogen-bond donors (Lipinski definition) is 1. The van der Waals surface area contributed by atoms with Gasteiger partial charge in [0.2, 0.25) is 0 Å². The molecule has 22 heavy (non-hydrogen) atoms. The van der Waals surface area contributed by atoms with E-state index >= 15 is 0 Å².